The number of carbonyl (C=O) groups excluding carboxylic acids is 1. The van der Waals surface area contributed by atoms with Gasteiger partial charge in [-0.25, -0.2) is 4.98 Å². The zero-order valence-corrected chi connectivity index (χ0v) is 15.5. The van der Waals surface area contributed by atoms with Crippen molar-refractivity contribution in [2.75, 3.05) is 12.4 Å². The maximum atomic E-state index is 12.6. The van der Waals surface area contributed by atoms with Crippen LogP contribution in [-0.2, 0) is 0 Å². The first kappa shape index (κ1) is 17.1. The molecular formula is C23H16N2O4. The molecule has 0 unspecified atom stereocenters. The Labute approximate surface area is 165 Å². The molecule has 6 nitrogen and oxygen atoms in total. The topological polar surface area (TPSA) is 77.5 Å². The van der Waals surface area contributed by atoms with Crippen molar-refractivity contribution >= 4 is 33.7 Å². The molecule has 1 N–H and O–H groups in total. The predicted octanol–water partition coefficient (Wildman–Crippen LogP) is 5.50. The van der Waals surface area contributed by atoms with E-state index < -0.39 is 0 Å². The summed E-state index contributed by atoms with van der Waals surface area (Å²) in [6.07, 6.45) is 0. The number of amides is 1. The van der Waals surface area contributed by atoms with Crippen molar-refractivity contribution in [3.05, 3.63) is 78.6 Å². The second-order valence-electron chi connectivity index (χ2n) is 6.54. The fourth-order valence-corrected chi connectivity index (χ4v) is 3.17. The number of furan rings is 1. The van der Waals surface area contributed by atoms with Crippen LogP contribution in [0, 0.1) is 0 Å². The lowest BCUT2D eigenvalue weighted by Gasteiger charge is -2.04. The van der Waals surface area contributed by atoms with Crippen LogP contribution in [0.2, 0.25) is 0 Å². The first-order valence-corrected chi connectivity index (χ1v) is 9.04. The highest BCUT2D eigenvalue weighted by Gasteiger charge is 2.14. The molecular weight excluding hydrogens is 368 g/mol. The second-order valence-corrected chi connectivity index (χ2v) is 6.54. The lowest BCUT2D eigenvalue weighted by atomic mass is 10.2. The smallest absolute Gasteiger partial charge is 0.291 e. The number of anilines is 1. The summed E-state index contributed by atoms with van der Waals surface area (Å²) in [5, 5.41) is 3.74. The van der Waals surface area contributed by atoms with Crippen LogP contribution in [0.3, 0.4) is 0 Å². The van der Waals surface area contributed by atoms with Gasteiger partial charge in [-0.1, -0.05) is 24.3 Å². The quantitative estimate of drug-likeness (QED) is 0.443. The van der Waals surface area contributed by atoms with Crippen LogP contribution in [0.1, 0.15) is 10.6 Å². The largest absolute Gasteiger partial charge is 0.497 e. The number of nitrogens with zero attached hydrogens (tertiary/aromatic N) is 1. The highest BCUT2D eigenvalue weighted by atomic mass is 16.5. The van der Waals surface area contributed by atoms with Crippen LogP contribution in [0.4, 0.5) is 5.69 Å². The number of ether oxygens (including phenoxy) is 1. The summed E-state index contributed by atoms with van der Waals surface area (Å²) in [6.45, 7) is 0. The standard InChI is InChI=1S/C23H16N2O4/c1-27-17-9-10-20-18(13-17)25-23(29-20)15-6-4-7-16(11-15)24-22(26)21-12-14-5-2-3-8-19(14)28-21/h2-13H,1H3,(H,24,26). The van der Waals surface area contributed by atoms with E-state index in [2.05, 4.69) is 10.3 Å². The van der Waals surface area contributed by atoms with Crippen LogP contribution in [-0.4, -0.2) is 18.0 Å². The van der Waals surface area contributed by atoms with Crippen LogP contribution < -0.4 is 10.1 Å². The molecule has 0 radical (unpaired) electrons. The van der Waals surface area contributed by atoms with Gasteiger partial charge in [0.15, 0.2) is 11.3 Å². The number of fused-ring (bicyclic) bond motifs is 2. The van der Waals surface area contributed by atoms with Gasteiger partial charge in [-0.2, -0.15) is 0 Å². The van der Waals surface area contributed by atoms with Crippen molar-refractivity contribution in [2.24, 2.45) is 0 Å². The predicted molar refractivity (Wildman–Crippen MR) is 110 cm³/mol. The Morgan fingerprint density at radius 2 is 1.83 bits per heavy atom. The fourth-order valence-electron chi connectivity index (χ4n) is 3.17. The summed E-state index contributed by atoms with van der Waals surface area (Å²) in [5.74, 6) is 1.11. The van der Waals surface area contributed by atoms with Gasteiger partial charge in [0.1, 0.15) is 16.8 Å². The van der Waals surface area contributed by atoms with Gasteiger partial charge in [0, 0.05) is 22.7 Å². The number of benzene rings is 3. The summed E-state index contributed by atoms with van der Waals surface area (Å²) < 4.78 is 16.7. The zero-order chi connectivity index (χ0) is 19.8. The number of rotatable bonds is 4. The monoisotopic (exact) mass is 384 g/mol. The Bertz CT molecular complexity index is 1320. The maximum Gasteiger partial charge on any atom is 0.291 e. The highest BCUT2D eigenvalue weighted by molar-refractivity contribution is 6.04. The minimum atomic E-state index is -0.319. The third-order valence-electron chi connectivity index (χ3n) is 4.61. The van der Waals surface area contributed by atoms with E-state index in [9.17, 15) is 4.79 Å². The van der Waals surface area contributed by atoms with E-state index in [0.29, 0.717) is 34.0 Å². The van der Waals surface area contributed by atoms with Gasteiger partial charge in [-0.3, -0.25) is 4.79 Å². The van der Waals surface area contributed by atoms with Gasteiger partial charge < -0.3 is 18.9 Å². The summed E-state index contributed by atoms with van der Waals surface area (Å²) in [6, 6.07) is 22.0. The van der Waals surface area contributed by atoms with Crippen molar-refractivity contribution in [2.45, 2.75) is 0 Å². The Balaban J connectivity index is 1.42. The van der Waals surface area contributed by atoms with Crippen LogP contribution in [0.25, 0.3) is 33.5 Å². The van der Waals surface area contributed by atoms with Crippen molar-refractivity contribution in [3.63, 3.8) is 0 Å². The molecule has 2 heterocycles. The van der Waals surface area contributed by atoms with Crippen LogP contribution in [0.5, 0.6) is 5.75 Å². The molecule has 0 bridgehead atoms. The summed E-state index contributed by atoms with van der Waals surface area (Å²) in [5.41, 5.74) is 3.41. The van der Waals surface area contributed by atoms with E-state index in [4.69, 9.17) is 13.6 Å². The van der Waals surface area contributed by atoms with Crippen LogP contribution in [0.15, 0.2) is 81.6 Å². The van der Waals surface area contributed by atoms with Crippen molar-refractivity contribution < 1.29 is 18.4 Å². The normalized spacial score (nSPS) is 11.1. The van der Waals surface area contributed by atoms with Crippen molar-refractivity contribution in [1.29, 1.82) is 0 Å². The number of methoxy groups -OCH3 is 1. The number of aromatic nitrogens is 1. The minimum absolute atomic E-state index is 0.255. The second kappa shape index (κ2) is 6.83. The number of para-hydroxylation sites is 1. The first-order valence-electron chi connectivity index (χ1n) is 9.04. The highest BCUT2D eigenvalue weighted by Crippen LogP contribution is 2.28. The third-order valence-corrected chi connectivity index (χ3v) is 4.61. The van der Waals surface area contributed by atoms with Crippen molar-refractivity contribution in [3.8, 4) is 17.2 Å². The molecule has 5 rings (SSSR count). The van der Waals surface area contributed by atoms with Gasteiger partial charge in [-0.15, -0.1) is 0 Å². The molecule has 2 aromatic heterocycles. The summed E-state index contributed by atoms with van der Waals surface area (Å²) in [4.78, 5) is 17.1. The van der Waals surface area contributed by atoms with Gasteiger partial charge in [0.2, 0.25) is 5.89 Å². The van der Waals surface area contributed by atoms with E-state index in [-0.39, 0.29) is 11.7 Å². The Morgan fingerprint density at radius 3 is 2.69 bits per heavy atom. The molecule has 0 saturated heterocycles. The molecule has 0 spiro atoms. The Kier molecular flexibility index (Phi) is 4.02. The number of oxazole rings is 1. The van der Waals surface area contributed by atoms with Gasteiger partial charge >= 0.3 is 0 Å². The number of nitrogens with one attached hydrogen (secondary N) is 1. The lowest BCUT2D eigenvalue weighted by Crippen LogP contribution is -2.10. The molecule has 6 heteroatoms. The molecule has 0 saturated carbocycles. The van der Waals surface area contributed by atoms with E-state index in [0.717, 1.165) is 10.9 Å². The lowest BCUT2D eigenvalue weighted by molar-refractivity contribution is 0.0998. The Hall–Kier alpha value is -4.06. The average molecular weight is 384 g/mol. The molecule has 142 valence electrons. The molecule has 0 fully saturated rings. The molecule has 0 aliphatic rings. The Morgan fingerprint density at radius 1 is 0.931 bits per heavy atom. The van der Waals surface area contributed by atoms with E-state index >= 15 is 0 Å². The molecule has 5 aromatic rings. The molecule has 0 aliphatic carbocycles. The first-order chi connectivity index (χ1) is 14.2. The van der Waals surface area contributed by atoms with Gasteiger partial charge in [0.25, 0.3) is 5.91 Å². The maximum absolute atomic E-state index is 12.6. The summed E-state index contributed by atoms with van der Waals surface area (Å²) in [7, 11) is 1.61. The molecule has 1 amide bonds. The zero-order valence-electron chi connectivity index (χ0n) is 15.5. The van der Waals surface area contributed by atoms with Crippen LogP contribution >= 0.6 is 0 Å². The minimum Gasteiger partial charge on any atom is -0.497 e. The molecule has 0 aliphatic heterocycles. The summed E-state index contributed by atoms with van der Waals surface area (Å²) >= 11 is 0. The molecule has 29 heavy (non-hydrogen) atoms. The van der Waals surface area contributed by atoms with E-state index in [1.54, 1.807) is 19.2 Å². The molecule has 3 aromatic carbocycles. The van der Waals surface area contributed by atoms with Gasteiger partial charge in [0.05, 0.1) is 7.11 Å². The SMILES string of the molecule is COc1ccc2oc(-c3cccc(NC(=O)c4cc5ccccc5o4)c3)nc2c1. The number of hydrogen-bond acceptors (Lipinski definition) is 5. The molecule has 0 atom stereocenters. The number of hydrogen-bond donors (Lipinski definition) is 1. The van der Waals surface area contributed by atoms with E-state index in [1.807, 2.05) is 60.7 Å². The third kappa shape index (κ3) is 3.21. The van der Waals surface area contributed by atoms with Crippen molar-refractivity contribution in [1.82, 2.24) is 4.98 Å². The van der Waals surface area contributed by atoms with E-state index in [1.165, 1.54) is 0 Å². The van der Waals surface area contributed by atoms with Gasteiger partial charge in [-0.05, 0) is 42.5 Å². The average Bonchev–Trinajstić information content (AvgIpc) is 3.37. The number of carbonyl (C=O) groups is 1. The fraction of sp³-hybridized carbons (Fsp3) is 0.0435.